The Morgan fingerprint density at radius 2 is 2.00 bits per heavy atom. The maximum atomic E-state index is 6.03. The highest BCUT2D eigenvalue weighted by atomic mass is 35.5. The van der Waals surface area contributed by atoms with E-state index in [1.807, 2.05) is 31.2 Å². The first kappa shape index (κ1) is 12.4. The summed E-state index contributed by atoms with van der Waals surface area (Å²) in [6, 6.07) is 7.55. The van der Waals surface area contributed by atoms with Crippen LogP contribution in [0.5, 0.6) is 0 Å². The highest BCUT2D eigenvalue weighted by molar-refractivity contribution is 6.30. The zero-order valence-electron chi connectivity index (χ0n) is 9.36. The van der Waals surface area contributed by atoms with E-state index in [0.29, 0.717) is 23.2 Å². The lowest BCUT2D eigenvalue weighted by Crippen LogP contribution is -1.92. The zero-order chi connectivity index (χ0) is 12.3. The Morgan fingerprint density at radius 1 is 1.29 bits per heavy atom. The summed E-state index contributed by atoms with van der Waals surface area (Å²) in [5, 5.41) is 4.39. The van der Waals surface area contributed by atoms with Crippen LogP contribution >= 0.6 is 23.2 Å². The summed E-state index contributed by atoms with van der Waals surface area (Å²) < 4.78 is 5.14. The summed E-state index contributed by atoms with van der Waals surface area (Å²) >= 11 is 11.8. The predicted octanol–water partition coefficient (Wildman–Crippen LogP) is 4.00. The summed E-state index contributed by atoms with van der Waals surface area (Å²) in [6.07, 6.45) is 1.37. The van der Waals surface area contributed by atoms with Crippen molar-refractivity contribution in [3.63, 3.8) is 0 Å². The molecule has 0 saturated heterocycles. The van der Waals surface area contributed by atoms with Gasteiger partial charge in [-0.15, -0.1) is 11.6 Å². The minimum absolute atomic E-state index is 0.183. The largest absolute Gasteiger partial charge is 0.339 e. The van der Waals surface area contributed by atoms with Crippen LogP contribution in [0.1, 0.15) is 36.0 Å². The first-order valence-corrected chi connectivity index (χ1v) is 6.21. The third-order valence-corrected chi connectivity index (χ3v) is 3.15. The van der Waals surface area contributed by atoms with Crippen molar-refractivity contribution in [2.45, 2.75) is 25.1 Å². The molecule has 1 aromatic heterocycles. The van der Waals surface area contributed by atoms with Gasteiger partial charge in [-0.2, -0.15) is 4.98 Å². The van der Waals surface area contributed by atoms with Gasteiger partial charge in [0, 0.05) is 5.02 Å². The molecule has 0 aliphatic carbocycles. The minimum Gasteiger partial charge on any atom is -0.339 e. The van der Waals surface area contributed by atoms with Gasteiger partial charge in [0.25, 0.3) is 0 Å². The monoisotopic (exact) mass is 270 g/mol. The third-order valence-electron chi connectivity index (χ3n) is 2.39. The molecule has 0 aliphatic rings. The van der Waals surface area contributed by atoms with Gasteiger partial charge in [0.2, 0.25) is 5.89 Å². The maximum absolute atomic E-state index is 6.03. The van der Waals surface area contributed by atoms with E-state index in [1.54, 1.807) is 0 Å². The number of hydrogen-bond donors (Lipinski definition) is 0. The van der Waals surface area contributed by atoms with Crippen molar-refractivity contribution in [3.8, 4) is 0 Å². The number of halogens is 2. The van der Waals surface area contributed by atoms with E-state index in [4.69, 9.17) is 27.7 Å². The number of hydrogen-bond acceptors (Lipinski definition) is 3. The Kier molecular flexibility index (Phi) is 4.02. The summed E-state index contributed by atoms with van der Waals surface area (Å²) in [4.78, 5) is 4.26. The lowest BCUT2D eigenvalue weighted by Gasteiger charge is -1.97. The molecule has 0 radical (unpaired) electrons. The Morgan fingerprint density at radius 3 is 2.65 bits per heavy atom. The second-order valence-corrected chi connectivity index (χ2v) is 4.69. The lowest BCUT2D eigenvalue weighted by atomic mass is 10.1. The molecule has 0 bridgehead atoms. The average molecular weight is 271 g/mol. The number of alkyl halides is 1. The highest BCUT2D eigenvalue weighted by Crippen LogP contribution is 2.21. The summed E-state index contributed by atoms with van der Waals surface area (Å²) in [6.45, 7) is 1.98. The van der Waals surface area contributed by atoms with Crippen LogP contribution < -0.4 is 0 Å². The molecule has 90 valence electrons. The van der Waals surface area contributed by atoms with E-state index in [1.165, 1.54) is 0 Å². The molecular formula is C12H12Cl2N2O. The van der Waals surface area contributed by atoms with Gasteiger partial charge in [0.05, 0.1) is 11.8 Å². The number of aromatic nitrogens is 2. The van der Waals surface area contributed by atoms with E-state index in [2.05, 4.69) is 10.1 Å². The molecule has 1 aromatic carbocycles. The van der Waals surface area contributed by atoms with E-state index in [0.717, 1.165) is 12.0 Å². The van der Waals surface area contributed by atoms with Crippen molar-refractivity contribution in [2.24, 2.45) is 0 Å². The topological polar surface area (TPSA) is 38.9 Å². The predicted molar refractivity (Wildman–Crippen MR) is 67.4 cm³/mol. The van der Waals surface area contributed by atoms with Crippen LogP contribution in [-0.2, 0) is 6.42 Å². The Balaban J connectivity index is 2.08. The standard InChI is InChI=1S/C12H12Cl2N2O/c1-2-10(14)12-15-11(17-16-12)7-8-3-5-9(13)6-4-8/h3-6,10H,2,7H2,1H3. The van der Waals surface area contributed by atoms with Gasteiger partial charge in [0.15, 0.2) is 5.82 Å². The Hall–Kier alpha value is -1.06. The fourth-order valence-electron chi connectivity index (χ4n) is 1.43. The van der Waals surface area contributed by atoms with Crippen LogP contribution in [0.2, 0.25) is 5.02 Å². The van der Waals surface area contributed by atoms with Gasteiger partial charge in [-0.3, -0.25) is 0 Å². The first-order valence-electron chi connectivity index (χ1n) is 5.40. The highest BCUT2D eigenvalue weighted by Gasteiger charge is 2.13. The Labute approximate surface area is 110 Å². The van der Waals surface area contributed by atoms with Crippen molar-refractivity contribution < 1.29 is 4.52 Å². The van der Waals surface area contributed by atoms with E-state index >= 15 is 0 Å². The Bertz CT molecular complexity index is 482. The molecule has 1 atom stereocenters. The van der Waals surface area contributed by atoms with Crippen molar-refractivity contribution in [2.75, 3.05) is 0 Å². The van der Waals surface area contributed by atoms with Crippen molar-refractivity contribution in [1.29, 1.82) is 0 Å². The summed E-state index contributed by atoms with van der Waals surface area (Å²) in [5.74, 6) is 1.12. The molecule has 2 aromatic rings. The molecule has 0 fully saturated rings. The second-order valence-electron chi connectivity index (χ2n) is 3.73. The number of benzene rings is 1. The van der Waals surface area contributed by atoms with Gasteiger partial charge in [-0.25, -0.2) is 0 Å². The van der Waals surface area contributed by atoms with Crippen LogP contribution in [0.15, 0.2) is 28.8 Å². The van der Waals surface area contributed by atoms with Crippen LogP contribution in [0.3, 0.4) is 0 Å². The normalized spacial score (nSPS) is 12.6. The molecule has 2 rings (SSSR count). The van der Waals surface area contributed by atoms with Crippen molar-refractivity contribution >= 4 is 23.2 Å². The van der Waals surface area contributed by atoms with Gasteiger partial charge in [-0.05, 0) is 24.1 Å². The molecule has 0 N–H and O–H groups in total. The van der Waals surface area contributed by atoms with E-state index in [9.17, 15) is 0 Å². The summed E-state index contributed by atoms with van der Waals surface area (Å²) in [7, 11) is 0. The molecule has 0 saturated carbocycles. The molecule has 1 unspecified atom stereocenters. The number of nitrogens with zero attached hydrogens (tertiary/aromatic N) is 2. The molecule has 5 heteroatoms. The van der Waals surface area contributed by atoms with Gasteiger partial charge < -0.3 is 4.52 Å². The number of rotatable bonds is 4. The van der Waals surface area contributed by atoms with Crippen LogP contribution in [-0.4, -0.2) is 10.1 Å². The average Bonchev–Trinajstić information content (AvgIpc) is 2.80. The quantitative estimate of drug-likeness (QED) is 0.789. The van der Waals surface area contributed by atoms with Crippen LogP contribution in [0, 0.1) is 0 Å². The van der Waals surface area contributed by atoms with Crippen LogP contribution in [0.25, 0.3) is 0 Å². The fourth-order valence-corrected chi connectivity index (χ4v) is 1.64. The summed E-state index contributed by atoms with van der Waals surface area (Å²) in [5.41, 5.74) is 1.08. The minimum atomic E-state index is -0.183. The zero-order valence-corrected chi connectivity index (χ0v) is 10.9. The molecule has 17 heavy (non-hydrogen) atoms. The van der Waals surface area contributed by atoms with E-state index < -0.39 is 0 Å². The van der Waals surface area contributed by atoms with Gasteiger partial charge in [0.1, 0.15) is 0 Å². The van der Waals surface area contributed by atoms with Gasteiger partial charge >= 0.3 is 0 Å². The molecule has 0 amide bonds. The second kappa shape index (κ2) is 5.52. The lowest BCUT2D eigenvalue weighted by molar-refractivity contribution is 0.378. The molecule has 1 heterocycles. The first-order chi connectivity index (χ1) is 8.19. The smallest absolute Gasteiger partial charge is 0.231 e. The van der Waals surface area contributed by atoms with Gasteiger partial charge in [-0.1, -0.05) is 35.8 Å². The van der Waals surface area contributed by atoms with Crippen molar-refractivity contribution in [1.82, 2.24) is 10.1 Å². The molecule has 0 aliphatic heterocycles. The molecule has 3 nitrogen and oxygen atoms in total. The fraction of sp³-hybridized carbons (Fsp3) is 0.333. The maximum Gasteiger partial charge on any atom is 0.231 e. The molecule has 0 spiro atoms. The van der Waals surface area contributed by atoms with Crippen molar-refractivity contribution in [3.05, 3.63) is 46.6 Å². The molecular weight excluding hydrogens is 259 g/mol. The third kappa shape index (κ3) is 3.20. The van der Waals surface area contributed by atoms with Crippen LogP contribution in [0.4, 0.5) is 0 Å². The van der Waals surface area contributed by atoms with E-state index in [-0.39, 0.29) is 5.38 Å². The SMILES string of the molecule is CCC(Cl)c1noc(Cc2ccc(Cl)cc2)n1.